The Labute approximate surface area is 111 Å². The fourth-order valence-corrected chi connectivity index (χ4v) is 1.83. The number of hydrogen-bond acceptors (Lipinski definition) is 2. The number of amides is 1. The maximum atomic E-state index is 11.8. The summed E-state index contributed by atoms with van der Waals surface area (Å²) in [4.78, 5) is 12.0. The number of carbonyl (C=O) groups is 1. The maximum absolute atomic E-state index is 11.8. The highest BCUT2D eigenvalue weighted by Gasteiger charge is 2.18. The Kier molecular flexibility index (Phi) is 5.38. The summed E-state index contributed by atoms with van der Waals surface area (Å²) in [7, 11) is 0. The molecule has 3 N–H and O–H groups in total. The van der Waals surface area contributed by atoms with Crippen molar-refractivity contribution in [2.45, 2.75) is 19.9 Å². The molecule has 0 saturated heterocycles. The first-order valence-corrected chi connectivity index (χ1v) is 6.14. The van der Waals surface area contributed by atoms with Crippen LogP contribution in [0.1, 0.15) is 18.9 Å². The molecule has 0 saturated carbocycles. The van der Waals surface area contributed by atoms with E-state index < -0.39 is 5.92 Å². The van der Waals surface area contributed by atoms with Gasteiger partial charge in [0.25, 0.3) is 0 Å². The molecule has 1 aromatic carbocycles. The van der Waals surface area contributed by atoms with Gasteiger partial charge in [0.05, 0.1) is 10.9 Å². The van der Waals surface area contributed by atoms with Crippen LogP contribution in [0.2, 0.25) is 5.02 Å². The molecule has 1 rings (SSSR count). The number of nitrogens with one attached hydrogen (secondary N) is 1. The van der Waals surface area contributed by atoms with E-state index in [-0.39, 0.29) is 10.9 Å². The molecular weight excluding hydrogens is 256 g/mol. The van der Waals surface area contributed by atoms with E-state index in [1.165, 1.54) is 0 Å². The average Bonchev–Trinajstić information content (AvgIpc) is 2.28. The van der Waals surface area contributed by atoms with Crippen molar-refractivity contribution in [3.05, 3.63) is 34.9 Å². The molecule has 1 atom stereocenters. The molecule has 1 unspecified atom stereocenters. The number of halogens is 1. The van der Waals surface area contributed by atoms with Gasteiger partial charge < -0.3 is 11.1 Å². The third-order valence-electron chi connectivity index (χ3n) is 2.45. The smallest absolute Gasteiger partial charge is 0.230 e. The van der Waals surface area contributed by atoms with Gasteiger partial charge in [-0.05, 0) is 24.1 Å². The summed E-state index contributed by atoms with van der Waals surface area (Å²) in [5.74, 6) is -0.521. The zero-order valence-electron chi connectivity index (χ0n) is 9.57. The zero-order chi connectivity index (χ0) is 12.8. The van der Waals surface area contributed by atoms with Crippen LogP contribution in [0.5, 0.6) is 0 Å². The first-order chi connectivity index (χ1) is 8.04. The van der Waals surface area contributed by atoms with Crippen LogP contribution in [0.25, 0.3) is 0 Å². The van der Waals surface area contributed by atoms with Gasteiger partial charge in [0, 0.05) is 11.6 Å². The van der Waals surface area contributed by atoms with Crippen LogP contribution < -0.4 is 11.1 Å². The summed E-state index contributed by atoms with van der Waals surface area (Å²) in [5, 5.41) is 3.48. The number of benzene rings is 1. The largest absolute Gasteiger partial charge is 0.393 e. The number of nitrogens with two attached hydrogens (primary N) is 1. The van der Waals surface area contributed by atoms with Crippen LogP contribution >= 0.6 is 23.8 Å². The summed E-state index contributed by atoms with van der Waals surface area (Å²) in [6.07, 6.45) is 0.613. The van der Waals surface area contributed by atoms with Gasteiger partial charge in [0.2, 0.25) is 5.91 Å². The van der Waals surface area contributed by atoms with E-state index >= 15 is 0 Å². The highest BCUT2D eigenvalue weighted by Crippen LogP contribution is 2.10. The van der Waals surface area contributed by atoms with Gasteiger partial charge >= 0.3 is 0 Å². The summed E-state index contributed by atoms with van der Waals surface area (Å²) in [5.41, 5.74) is 6.48. The van der Waals surface area contributed by atoms with Crippen molar-refractivity contribution < 1.29 is 4.79 Å². The molecule has 17 heavy (non-hydrogen) atoms. The number of thiocarbonyl (C=S) groups is 1. The van der Waals surface area contributed by atoms with Crippen LogP contribution in [0.15, 0.2) is 24.3 Å². The Balaban J connectivity index is 2.53. The molecule has 0 bridgehead atoms. The van der Waals surface area contributed by atoms with E-state index in [0.29, 0.717) is 18.0 Å². The minimum absolute atomic E-state index is 0.130. The number of carbonyl (C=O) groups excluding carboxylic acids is 1. The molecule has 92 valence electrons. The van der Waals surface area contributed by atoms with Crippen molar-refractivity contribution in [2.24, 2.45) is 11.7 Å². The van der Waals surface area contributed by atoms with Crippen LogP contribution in [0.4, 0.5) is 0 Å². The van der Waals surface area contributed by atoms with Gasteiger partial charge in [-0.1, -0.05) is 42.9 Å². The van der Waals surface area contributed by atoms with Crippen molar-refractivity contribution in [3.8, 4) is 0 Å². The molecule has 3 nitrogen and oxygen atoms in total. The quantitative estimate of drug-likeness (QED) is 0.807. The Hall–Kier alpha value is -1.13. The lowest BCUT2D eigenvalue weighted by Crippen LogP contribution is -2.37. The second kappa shape index (κ2) is 6.57. The van der Waals surface area contributed by atoms with E-state index in [9.17, 15) is 4.79 Å². The molecular formula is C12H15ClN2OS. The standard InChI is InChI=1S/C12H15ClN2OS/c1-2-10(11(14)17)12(16)15-7-8-3-5-9(13)6-4-8/h3-6,10H,2,7H2,1H3,(H2,14,17)(H,15,16). The molecule has 0 aromatic heterocycles. The molecule has 1 amide bonds. The molecule has 0 aliphatic carbocycles. The molecule has 0 radical (unpaired) electrons. The topological polar surface area (TPSA) is 55.1 Å². The Morgan fingerprint density at radius 2 is 2.06 bits per heavy atom. The first kappa shape index (κ1) is 13.9. The molecule has 0 aliphatic rings. The Morgan fingerprint density at radius 3 is 2.53 bits per heavy atom. The Morgan fingerprint density at radius 1 is 1.47 bits per heavy atom. The average molecular weight is 271 g/mol. The predicted molar refractivity (Wildman–Crippen MR) is 73.9 cm³/mol. The van der Waals surface area contributed by atoms with Crippen LogP contribution in [0, 0.1) is 5.92 Å². The van der Waals surface area contributed by atoms with Gasteiger partial charge in [0.15, 0.2) is 0 Å². The molecule has 0 heterocycles. The van der Waals surface area contributed by atoms with E-state index in [1.807, 2.05) is 19.1 Å². The highest BCUT2D eigenvalue weighted by molar-refractivity contribution is 7.80. The van der Waals surface area contributed by atoms with E-state index in [2.05, 4.69) is 5.32 Å². The fourth-order valence-electron chi connectivity index (χ4n) is 1.43. The molecule has 0 fully saturated rings. The minimum atomic E-state index is -0.391. The number of hydrogen-bond donors (Lipinski definition) is 2. The van der Waals surface area contributed by atoms with E-state index in [1.54, 1.807) is 12.1 Å². The second-order valence-electron chi connectivity index (χ2n) is 3.71. The van der Waals surface area contributed by atoms with Gasteiger partial charge in [-0.2, -0.15) is 0 Å². The summed E-state index contributed by atoms with van der Waals surface area (Å²) < 4.78 is 0. The first-order valence-electron chi connectivity index (χ1n) is 5.36. The molecule has 1 aromatic rings. The monoisotopic (exact) mass is 270 g/mol. The van der Waals surface area contributed by atoms with Crippen LogP contribution in [-0.2, 0) is 11.3 Å². The second-order valence-corrected chi connectivity index (χ2v) is 4.62. The molecule has 0 aliphatic heterocycles. The summed E-state index contributed by atoms with van der Waals surface area (Å²) in [6.45, 7) is 2.33. The van der Waals surface area contributed by atoms with Gasteiger partial charge in [-0.15, -0.1) is 0 Å². The van der Waals surface area contributed by atoms with Crippen molar-refractivity contribution >= 4 is 34.7 Å². The van der Waals surface area contributed by atoms with Crippen molar-refractivity contribution in [2.75, 3.05) is 0 Å². The lowest BCUT2D eigenvalue weighted by atomic mass is 10.1. The summed E-state index contributed by atoms with van der Waals surface area (Å²) >= 11 is 10.6. The van der Waals surface area contributed by atoms with Crippen LogP contribution in [-0.4, -0.2) is 10.9 Å². The molecule has 5 heteroatoms. The van der Waals surface area contributed by atoms with Crippen molar-refractivity contribution in [1.82, 2.24) is 5.32 Å². The van der Waals surface area contributed by atoms with Gasteiger partial charge in [-0.25, -0.2) is 0 Å². The fraction of sp³-hybridized carbons (Fsp3) is 0.333. The number of rotatable bonds is 5. The predicted octanol–water partition coefficient (Wildman–Crippen LogP) is 2.27. The summed E-state index contributed by atoms with van der Waals surface area (Å²) in [6, 6.07) is 7.30. The van der Waals surface area contributed by atoms with E-state index in [0.717, 1.165) is 5.56 Å². The minimum Gasteiger partial charge on any atom is -0.393 e. The SMILES string of the molecule is CCC(C(=O)NCc1ccc(Cl)cc1)C(N)=S. The lowest BCUT2D eigenvalue weighted by molar-refractivity contribution is -0.123. The van der Waals surface area contributed by atoms with E-state index in [4.69, 9.17) is 29.6 Å². The normalized spacial score (nSPS) is 11.9. The van der Waals surface area contributed by atoms with Gasteiger partial charge in [0.1, 0.15) is 0 Å². The highest BCUT2D eigenvalue weighted by atomic mass is 35.5. The van der Waals surface area contributed by atoms with Crippen molar-refractivity contribution in [1.29, 1.82) is 0 Å². The van der Waals surface area contributed by atoms with Crippen molar-refractivity contribution in [3.63, 3.8) is 0 Å². The maximum Gasteiger partial charge on any atom is 0.230 e. The van der Waals surface area contributed by atoms with Gasteiger partial charge in [-0.3, -0.25) is 4.79 Å². The Bertz CT molecular complexity index is 405. The van der Waals surface area contributed by atoms with Crippen LogP contribution in [0.3, 0.4) is 0 Å². The zero-order valence-corrected chi connectivity index (χ0v) is 11.1. The lowest BCUT2D eigenvalue weighted by Gasteiger charge is -2.13. The third-order valence-corrected chi connectivity index (χ3v) is 2.98. The molecule has 0 spiro atoms. The third kappa shape index (κ3) is 4.32.